The lowest BCUT2D eigenvalue weighted by atomic mass is 9.94. The molecule has 0 aliphatic carbocycles. The molecule has 0 spiro atoms. The average molecular weight is 217 g/mol. The van der Waals surface area contributed by atoms with E-state index < -0.39 is 5.60 Å². The van der Waals surface area contributed by atoms with Gasteiger partial charge in [-0.2, -0.15) is 0 Å². The number of ether oxygens (including phenoxy) is 2. The van der Waals surface area contributed by atoms with Crippen LogP contribution in [0, 0.1) is 0 Å². The maximum absolute atomic E-state index is 10.1. The van der Waals surface area contributed by atoms with Crippen LogP contribution in [0.2, 0.25) is 0 Å². The van der Waals surface area contributed by atoms with Crippen molar-refractivity contribution < 1.29 is 14.6 Å². The van der Waals surface area contributed by atoms with Crippen LogP contribution >= 0.6 is 0 Å². The first-order valence-electron chi connectivity index (χ1n) is 5.85. The largest absolute Gasteiger partial charge is 0.388 e. The van der Waals surface area contributed by atoms with E-state index in [4.69, 9.17) is 9.47 Å². The van der Waals surface area contributed by atoms with Gasteiger partial charge < -0.3 is 19.9 Å². The Hall–Kier alpha value is -0.160. The van der Waals surface area contributed by atoms with Crippen molar-refractivity contribution >= 4 is 0 Å². The lowest BCUT2D eigenvalue weighted by molar-refractivity contribution is -0.0619. The molecule has 0 saturated carbocycles. The molecule has 0 unspecified atom stereocenters. The van der Waals surface area contributed by atoms with Crippen molar-refractivity contribution in [1.82, 2.24) is 5.32 Å². The Balaban J connectivity index is 1.98. The average Bonchev–Trinajstić information content (AvgIpc) is 2.24. The Morgan fingerprint density at radius 1 is 1.33 bits per heavy atom. The van der Waals surface area contributed by atoms with Crippen LogP contribution in [0.15, 0.2) is 0 Å². The molecule has 0 radical (unpaired) electrons. The molecule has 90 valence electrons. The standard InChI is InChI=1S/C11H23NO3/c1-2-6-14-9-5-12-10-11(13)3-7-15-8-4-11/h12-13H,2-10H2,1H3. The minimum absolute atomic E-state index is 0.566. The lowest BCUT2D eigenvalue weighted by Gasteiger charge is -2.32. The van der Waals surface area contributed by atoms with Gasteiger partial charge in [0.2, 0.25) is 0 Å². The first-order valence-corrected chi connectivity index (χ1v) is 5.85. The Morgan fingerprint density at radius 2 is 2.07 bits per heavy atom. The highest BCUT2D eigenvalue weighted by Crippen LogP contribution is 2.18. The summed E-state index contributed by atoms with van der Waals surface area (Å²) in [5, 5.41) is 13.3. The third-order valence-electron chi connectivity index (χ3n) is 2.65. The lowest BCUT2D eigenvalue weighted by Crippen LogP contribution is -2.45. The second kappa shape index (κ2) is 7.17. The van der Waals surface area contributed by atoms with Gasteiger partial charge in [-0.15, -0.1) is 0 Å². The minimum atomic E-state index is -0.566. The Labute approximate surface area is 92.0 Å². The summed E-state index contributed by atoms with van der Waals surface area (Å²) >= 11 is 0. The zero-order valence-electron chi connectivity index (χ0n) is 9.63. The fourth-order valence-electron chi connectivity index (χ4n) is 1.64. The summed E-state index contributed by atoms with van der Waals surface area (Å²) in [6.45, 7) is 6.43. The SMILES string of the molecule is CCCOCCNCC1(O)CCOCC1. The summed E-state index contributed by atoms with van der Waals surface area (Å²) in [5.74, 6) is 0. The molecule has 0 atom stereocenters. The van der Waals surface area contributed by atoms with Crippen LogP contribution in [0.5, 0.6) is 0 Å². The van der Waals surface area contributed by atoms with Crippen LogP contribution in [-0.2, 0) is 9.47 Å². The smallest absolute Gasteiger partial charge is 0.0815 e. The number of aliphatic hydroxyl groups is 1. The van der Waals surface area contributed by atoms with Crippen molar-refractivity contribution in [3.05, 3.63) is 0 Å². The summed E-state index contributed by atoms with van der Waals surface area (Å²) in [5.41, 5.74) is -0.566. The Morgan fingerprint density at radius 3 is 2.73 bits per heavy atom. The Kier molecular flexibility index (Phi) is 6.17. The van der Waals surface area contributed by atoms with Gasteiger partial charge in [0.15, 0.2) is 0 Å². The van der Waals surface area contributed by atoms with Crippen molar-refractivity contribution in [2.45, 2.75) is 31.8 Å². The fourth-order valence-corrected chi connectivity index (χ4v) is 1.64. The van der Waals surface area contributed by atoms with Gasteiger partial charge in [-0.05, 0) is 6.42 Å². The van der Waals surface area contributed by atoms with Gasteiger partial charge in [-0.3, -0.25) is 0 Å². The zero-order chi connectivity index (χ0) is 11.0. The topological polar surface area (TPSA) is 50.7 Å². The van der Waals surface area contributed by atoms with Crippen LogP contribution in [0.4, 0.5) is 0 Å². The van der Waals surface area contributed by atoms with E-state index in [0.717, 1.165) is 39.0 Å². The molecule has 1 rings (SSSR count). The van der Waals surface area contributed by atoms with Crippen LogP contribution in [-0.4, -0.2) is 50.2 Å². The highest BCUT2D eigenvalue weighted by atomic mass is 16.5. The molecule has 4 nitrogen and oxygen atoms in total. The molecule has 0 amide bonds. The van der Waals surface area contributed by atoms with Crippen molar-refractivity contribution in [2.24, 2.45) is 0 Å². The fraction of sp³-hybridized carbons (Fsp3) is 1.00. The highest BCUT2D eigenvalue weighted by molar-refractivity contribution is 4.83. The summed E-state index contributed by atoms with van der Waals surface area (Å²) in [6.07, 6.45) is 2.52. The molecule has 0 aromatic heterocycles. The maximum atomic E-state index is 10.1. The molecule has 0 aromatic rings. The summed E-state index contributed by atoms with van der Waals surface area (Å²) in [7, 11) is 0. The van der Waals surface area contributed by atoms with E-state index in [1.54, 1.807) is 0 Å². The van der Waals surface area contributed by atoms with Gasteiger partial charge in [0.25, 0.3) is 0 Å². The molecule has 4 heteroatoms. The number of rotatable bonds is 7. The van der Waals surface area contributed by atoms with Crippen LogP contribution < -0.4 is 5.32 Å². The van der Waals surface area contributed by atoms with E-state index in [1.165, 1.54) is 0 Å². The first kappa shape index (κ1) is 12.9. The molecule has 1 aliphatic heterocycles. The van der Waals surface area contributed by atoms with Gasteiger partial charge in [-0.25, -0.2) is 0 Å². The number of hydrogen-bond donors (Lipinski definition) is 2. The quantitative estimate of drug-likeness (QED) is 0.611. The summed E-state index contributed by atoms with van der Waals surface area (Å²) in [4.78, 5) is 0. The van der Waals surface area contributed by atoms with Gasteiger partial charge in [0, 0.05) is 45.8 Å². The third-order valence-corrected chi connectivity index (χ3v) is 2.65. The monoisotopic (exact) mass is 217 g/mol. The molecule has 1 saturated heterocycles. The van der Waals surface area contributed by atoms with E-state index in [-0.39, 0.29) is 0 Å². The molecule has 1 heterocycles. The second-order valence-electron chi connectivity index (χ2n) is 4.13. The Bertz CT molecular complexity index is 158. The molecule has 0 bridgehead atoms. The minimum Gasteiger partial charge on any atom is -0.388 e. The van der Waals surface area contributed by atoms with E-state index in [2.05, 4.69) is 12.2 Å². The van der Waals surface area contributed by atoms with Crippen molar-refractivity contribution in [1.29, 1.82) is 0 Å². The molecular formula is C11H23NO3. The third kappa shape index (κ3) is 5.47. The molecule has 15 heavy (non-hydrogen) atoms. The summed E-state index contributed by atoms with van der Waals surface area (Å²) in [6, 6.07) is 0. The summed E-state index contributed by atoms with van der Waals surface area (Å²) < 4.78 is 10.5. The van der Waals surface area contributed by atoms with Gasteiger partial charge in [0.05, 0.1) is 12.2 Å². The maximum Gasteiger partial charge on any atom is 0.0815 e. The first-order chi connectivity index (χ1) is 7.27. The van der Waals surface area contributed by atoms with Crippen molar-refractivity contribution in [2.75, 3.05) is 39.5 Å². The van der Waals surface area contributed by atoms with E-state index in [0.29, 0.717) is 19.8 Å². The molecular weight excluding hydrogens is 194 g/mol. The van der Waals surface area contributed by atoms with Crippen LogP contribution in [0.25, 0.3) is 0 Å². The van der Waals surface area contributed by atoms with E-state index in [9.17, 15) is 5.11 Å². The number of nitrogens with one attached hydrogen (secondary N) is 1. The molecule has 0 aromatic carbocycles. The van der Waals surface area contributed by atoms with Gasteiger partial charge in [0.1, 0.15) is 0 Å². The molecule has 2 N–H and O–H groups in total. The predicted octanol–water partition coefficient (Wildman–Crippen LogP) is 0.544. The predicted molar refractivity (Wildman–Crippen MR) is 59.0 cm³/mol. The van der Waals surface area contributed by atoms with Crippen molar-refractivity contribution in [3.63, 3.8) is 0 Å². The van der Waals surface area contributed by atoms with Crippen molar-refractivity contribution in [3.8, 4) is 0 Å². The van der Waals surface area contributed by atoms with E-state index >= 15 is 0 Å². The molecule has 1 fully saturated rings. The zero-order valence-corrected chi connectivity index (χ0v) is 9.63. The van der Waals surface area contributed by atoms with Crippen LogP contribution in [0.1, 0.15) is 26.2 Å². The number of hydrogen-bond acceptors (Lipinski definition) is 4. The van der Waals surface area contributed by atoms with Crippen LogP contribution in [0.3, 0.4) is 0 Å². The van der Waals surface area contributed by atoms with Gasteiger partial charge in [-0.1, -0.05) is 6.92 Å². The van der Waals surface area contributed by atoms with Gasteiger partial charge >= 0.3 is 0 Å². The van der Waals surface area contributed by atoms with E-state index in [1.807, 2.05) is 0 Å². The second-order valence-corrected chi connectivity index (χ2v) is 4.13. The normalized spacial score (nSPS) is 20.4. The molecule has 1 aliphatic rings. The highest BCUT2D eigenvalue weighted by Gasteiger charge is 2.28.